The number of nitriles is 1. The first-order chi connectivity index (χ1) is 4.26. The molecule has 0 fully saturated rings. The van der Waals surface area contributed by atoms with Gasteiger partial charge in [-0.05, 0) is 0 Å². The monoisotopic (exact) mass is 124 g/mol. The van der Waals surface area contributed by atoms with Gasteiger partial charge in [-0.25, -0.2) is 0 Å². The van der Waals surface area contributed by atoms with E-state index in [0.717, 1.165) is 6.20 Å². The zero-order valence-electron chi connectivity index (χ0n) is 4.89. The van der Waals surface area contributed by atoms with Crippen molar-refractivity contribution < 1.29 is 0 Å². The van der Waals surface area contributed by atoms with Crippen LogP contribution in [0.1, 0.15) is 0 Å². The molecule has 0 rings (SSSR count). The van der Waals surface area contributed by atoms with Gasteiger partial charge in [0, 0.05) is 12.7 Å². The molecule has 48 valence electrons. The summed E-state index contributed by atoms with van der Waals surface area (Å²) in [5.41, 5.74) is 10.2. The molecule has 0 aliphatic rings. The highest BCUT2D eigenvalue weighted by Crippen LogP contribution is 1.88. The van der Waals surface area contributed by atoms with E-state index in [0.29, 0.717) is 0 Å². The summed E-state index contributed by atoms with van der Waals surface area (Å²) in [5, 5.41) is 15.2. The van der Waals surface area contributed by atoms with E-state index in [1.165, 1.54) is 0 Å². The summed E-state index contributed by atoms with van der Waals surface area (Å²) in [6, 6.07) is 1.73. The Balaban J connectivity index is 4.19. The third-order valence-electron chi connectivity index (χ3n) is 0.816. The van der Waals surface area contributed by atoms with Gasteiger partial charge in [-0.2, -0.15) is 5.26 Å². The van der Waals surface area contributed by atoms with Crippen LogP contribution in [0.3, 0.4) is 0 Å². The van der Waals surface area contributed by atoms with Gasteiger partial charge in [-0.15, -0.1) is 0 Å². The molecule has 0 bridgehead atoms. The van der Waals surface area contributed by atoms with E-state index in [4.69, 9.17) is 22.1 Å². The lowest BCUT2D eigenvalue weighted by Crippen LogP contribution is -2.14. The van der Waals surface area contributed by atoms with Crippen LogP contribution in [-0.4, -0.2) is 12.3 Å². The van der Waals surface area contributed by atoms with Gasteiger partial charge < -0.3 is 16.9 Å². The highest BCUT2D eigenvalue weighted by atomic mass is 14.6. The molecule has 0 spiro atoms. The van der Waals surface area contributed by atoms with Crippen LogP contribution in [0, 0.1) is 16.7 Å². The van der Waals surface area contributed by atoms with Crippen LogP contribution in [0.15, 0.2) is 11.8 Å². The molecule has 0 atom stereocenters. The largest absolute Gasteiger partial charge is 0.403 e. The van der Waals surface area contributed by atoms with Gasteiger partial charge in [0.25, 0.3) is 0 Å². The van der Waals surface area contributed by atoms with Gasteiger partial charge in [-0.3, -0.25) is 0 Å². The fraction of sp³-hybridized carbons (Fsp3) is 0.200. The quantitative estimate of drug-likeness (QED) is 0.336. The van der Waals surface area contributed by atoms with Crippen molar-refractivity contribution in [3.8, 4) is 6.07 Å². The summed E-state index contributed by atoms with van der Waals surface area (Å²) in [6.07, 6.45) is 1.08. The molecule has 4 nitrogen and oxygen atoms in total. The van der Waals surface area contributed by atoms with E-state index in [2.05, 4.69) is 0 Å². The van der Waals surface area contributed by atoms with Crippen LogP contribution in [-0.2, 0) is 0 Å². The summed E-state index contributed by atoms with van der Waals surface area (Å²) >= 11 is 0. The van der Waals surface area contributed by atoms with Crippen molar-refractivity contribution in [3.05, 3.63) is 11.8 Å². The van der Waals surface area contributed by atoms with Crippen LogP contribution in [0.2, 0.25) is 0 Å². The minimum atomic E-state index is 0.0522. The van der Waals surface area contributed by atoms with Crippen molar-refractivity contribution in [1.82, 2.24) is 0 Å². The van der Waals surface area contributed by atoms with E-state index < -0.39 is 0 Å². The van der Waals surface area contributed by atoms with Crippen molar-refractivity contribution in [2.45, 2.75) is 0 Å². The number of hydrogen-bond donors (Lipinski definition) is 3. The van der Waals surface area contributed by atoms with Gasteiger partial charge in [0.1, 0.15) is 6.07 Å². The van der Waals surface area contributed by atoms with Crippen molar-refractivity contribution >= 4 is 5.71 Å². The SMILES string of the molecule is N#C/C(=C/N)C(=N)CN. The van der Waals surface area contributed by atoms with Crippen LogP contribution in [0.4, 0.5) is 0 Å². The lowest BCUT2D eigenvalue weighted by molar-refractivity contribution is 1.26. The van der Waals surface area contributed by atoms with E-state index >= 15 is 0 Å². The average molecular weight is 124 g/mol. The average Bonchev–Trinajstić information content (AvgIpc) is 1.90. The number of rotatable bonds is 2. The molecule has 9 heavy (non-hydrogen) atoms. The van der Waals surface area contributed by atoms with Crippen LogP contribution in [0.5, 0.6) is 0 Å². The Morgan fingerprint density at radius 2 is 2.33 bits per heavy atom. The Morgan fingerprint density at radius 3 is 2.44 bits per heavy atom. The van der Waals surface area contributed by atoms with Crippen LogP contribution >= 0.6 is 0 Å². The molecule has 0 aromatic carbocycles. The molecular formula is C5H8N4. The Labute approximate surface area is 53.3 Å². The second-order valence-electron chi connectivity index (χ2n) is 1.37. The molecule has 0 aromatic rings. The number of nitrogens with zero attached hydrogens (tertiary/aromatic N) is 1. The molecule has 0 saturated carbocycles. The highest BCUT2D eigenvalue weighted by Gasteiger charge is 1.98. The van der Waals surface area contributed by atoms with Crippen molar-refractivity contribution in [3.63, 3.8) is 0 Å². The summed E-state index contributed by atoms with van der Waals surface area (Å²) in [7, 11) is 0. The molecule has 5 N–H and O–H groups in total. The van der Waals surface area contributed by atoms with Crippen molar-refractivity contribution in [2.75, 3.05) is 6.54 Å². The summed E-state index contributed by atoms with van der Waals surface area (Å²) in [5.74, 6) is 0. The van der Waals surface area contributed by atoms with Gasteiger partial charge in [0.05, 0.1) is 11.3 Å². The maximum absolute atomic E-state index is 8.23. The van der Waals surface area contributed by atoms with E-state index in [1.54, 1.807) is 6.07 Å². The zero-order valence-corrected chi connectivity index (χ0v) is 4.89. The lowest BCUT2D eigenvalue weighted by Gasteiger charge is -1.92. The Morgan fingerprint density at radius 1 is 1.78 bits per heavy atom. The van der Waals surface area contributed by atoms with Gasteiger partial charge in [-0.1, -0.05) is 0 Å². The maximum atomic E-state index is 8.23. The van der Waals surface area contributed by atoms with Crippen molar-refractivity contribution in [1.29, 1.82) is 10.7 Å². The standard InChI is InChI=1S/C5H8N4/c6-1-4(2-7)5(9)3-8/h1,9H,3,6,8H2/b4-1-,9-5?. The molecule has 0 unspecified atom stereocenters. The fourth-order valence-corrected chi connectivity index (χ4v) is 0.315. The topological polar surface area (TPSA) is 99.7 Å². The van der Waals surface area contributed by atoms with E-state index in [1.807, 2.05) is 0 Å². The Bertz CT molecular complexity index is 174. The minimum Gasteiger partial charge on any atom is -0.403 e. The first-order valence-corrected chi connectivity index (χ1v) is 2.36. The fourth-order valence-electron chi connectivity index (χ4n) is 0.315. The molecule has 0 aliphatic carbocycles. The van der Waals surface area contributed by atoms with E-state index in [9.17, 15) is 0 Å². The summed E-state index contributed by atoms with van der Waals surface area (Å²) in [6.45, 7) is 0.0522. The van der Waals surface area contributed by atoms with Crippen LogP contribution < -0.4 is 11.5 Å². The van der Waals surface area contributed by atoms with Gasteiger partial charge in [0.2, 0.25) is 0 Å². The van der Waals surface area contributed by atoms with Gasteiger partial charge in [0.15, 0.2) is 0 Å². The third kappa shape index (κ3) is 1.93. The number of nitrogens with two attached hydrogens (primary N) is 2. The smallest absolute Gasteiger partial charge is 0.103 e. The predicted octanol–water partition coefficient (Wildman–Crippen LogP) is -0.669. The maximum Gasteiger partial charge on any atom is 0.103 e. The second kappa shape index (κ2) is 3.64. The molecule has 4 heteroatoms. The molecule has 0 saturated heterocycles. The third-order valence-corrected chi connectivity index (χ3v) is 0.816. The van der Waals surface area contributed by atoms with Gasteiger partial charge >= 0.3 is 0 Å². The summed E-state index contributed by atoms with van der Waals surface area (Å²) in [4.78, 5) is 0. The zero-order chi connectivity index (χ0) is 7.28. The minimum absolute atomic E-state index is 0.0522. The molecule has 0 aliphatic heterocycles. The van der Waals surface area contributed by atoms with E-state index in [-0.39, 0.29) is 17.8 Å². The lowest BCUT2D eigenvalue weighted by atomic mass is 10.2. The predicted molar refractivity (Wildman–Crippen MR) is 34.7 cm³/mol. The second-order valence-corrected chi connectivity index (χ2v) is 1.37. The summed E-state index contributed by atoms with van der Waals surface area (Å²) < 4.78 is 0. The van der Waals surface area contributed by atoms with Crippen LogP contribution in [0.25, 0.3) is 0 Å². The molecular weight excluding hydrogens is 116 g/mol. The first kappa shape index (κ1) is 7.66. The molecule has 0 heterocycles. The molecule has 0 aromatic heterocycles. The molecule has 0 amide bonds. The number of nitrogens with one attached hydrogen (secondary N) is 1. The Hall–Kier alpha value is -1.34. The normalized spacial score (nSPS) is 10.4. The first-order valence-electron chi connectivity index (χ1n) is 2.36. The van der Waals surface area contributed by atoms with Crippen molar-refractivity contribution in [2.24, 2.45) is 11.5 Å². The number of hydrogen-bond acceptors (Lipinski definition) is 4. The Kier molecular flexibility index (Phi) is 3.09. The highest BCUT2D eigenvalue weighted by molar-refractivity contribution is 6.02. The molecule has 0 radical (unpaired) electrons.